The van der Waals surface area contributed by atoms with Gasteiger partial charge in [-0.2, -0.15) is 5.06 Å². The maximum Gasteiger partial charge on any atom is 0.0535 e. The van der Waals surface area contributed by atoms with Crippen molar-refractivity contribution in [1.29, 1.82) is 0 Å². The van der Waals surface area contributed by atoms with Crippen LogP contribution >= 0.6 is 0 Å². The largest absolute Gasteiger partial charge is 0.319 e. The number of nitrogens with two attached hydrogens (primary N) is 1. The molecule has 0 amide bonds. The van der Waals surface area contributed by atoms with E-state index in [1.165, 1.54) is 17.6 Å². The van der Waals surface area contributed by atoms with Gasteiger partial charge in [-0.1, -0.05) is 30.7 Å². The molecule has 0 bridgehead atoms. The molecule has 1 fully saturated rings. The van der Waals surface area contributed by atoms with Gasteiger partial charge in [0.2, 0.25) is 0 Å². The minimum Gasteiger partial charge on any atom is -0.319 e. The molecule has 1 spiro atoms. The Balaban J connectivity index is 1.96. The van der Waals surface area contributed by atoms with E-state index in [1.807, 2.05) is 6.08 Å². The molecule has 0 aromatic rings. The third-order valence-corrected chi connectivity index (χ3v) is 5.06. The van der Waals surface area contributed by atoms with E-state index in [1.54, 1.807) is 5.06 Å². The highest BCUT2D eigenvalue weighted by molar-refractivity contribution is 5.44. The summed E-state index contributed by atoms with van der Waals surface area (Å²) in [5.41, 5.74) is 8.72. The summed E-state index contributed by atoms with van der Waals surface area (Å²) in [6, 6.07) is 0. The number of hydroxylamine groups is 2. The van der Waals surface area contributed by atoms with E-state index in [4.69, 9.17) is 5.73 Å². The van der Waals surface area contributed by atoms with Gasteiger partial charge >= 0.3 is 0 Å². The third kappa shape index (κ3) is 2.20. The van der Waals surface area contributed by atoms with Gasteiger partial charge < -0.3 is 10.9 Å². The Kier molecular flexibility index (Phi) is 3.16. The molecule has 0 aromatic carbocycles. The van der Waals surface area contributed by atoms with E-state index in [0.29, 0.717) is 0 Å². The van der Waals surface area contributed by atoms with Crippen LogP contribution in [0.15, 0.2) is 35.5 Å². The van der Waals surface area contributed by atoms with Crippen molar-refractivity contribution in [3.63, 3.8) is 0 Å². The predicted molar refractivity (Wildman–Crippen MR) is 76.8 cm³/mol. The van der Waals surface area contributed by atoms with Crippen molar-refractivity contribution in [3.8, 4) is 0 Å². The van der Waals surface area contributed by atoms with Crippen LogP contribution < -0.4 is 5.73 Å². The van der Waals surface area contributed by atoms with Crippen LogP contribution in [0, 0.1) is 0 Å². The van der Waals surface area contributed by atoms with Crippen molar-refractivity contribution in [2.45, 2.75) is 56.5 Å². The minimum absolute atomic E-state index is 0.0657. The fraction of sp³-hybridized carbons (Fsp3) is 0.625. The van der Waals surface area contributed by atoms with Gasteiger partial charge in [0.05, 0.1) is 11.1 Å². The molecule has 2 unspecified atom stereocenters. The predicted octanol–water partition coefficient (Wildman–Crippen LogP) is 2.92. The molecule has 104 valence electrons. The molecular formula is C16H24N2O. The average Bonchev–Trinajstić information content (AvgIpc) is 2.53. The van der Waals surface area contributed by atoms with Gasteiger partial charge in [0.1, 0.15) is 0 Å². The Hall–Kier alpha value is -0.900. The molecule has 3 aliphatic rings. The van der Waals surface area contributed by atoms with Crippen LogP contribution in [0.2, 0.25) is 0 Å². The number of hydrogen-bond donors (Lipinski definition) is 2. The molecule has 3 nitrogen and oxygen atoms in total. The summed E-state index contributed by atoms with van der Waals surface area (Å²) >= 11 is 0. The number of rotatable bonds is 0. The van der Waals surface area contributed by atoms with E-state index in [-0.39, 0.29) is 11.1 Å². The average molecular weight is 260 g/mol. The molecule has 1 aliphatic heterocycles. The van der Waals surface area contributed by atoms with Gasteiger partial charge in [0.25, 0.3) is 0 Å². The first-order valence-electron chi connectivity index (χ1n) is 7.37. The third-order valence-electron chi connectivity index (χ3n) is 5.06. The maximum absolute atomic E-state index is 10.3. The van der Waals surface area contributed by atoms with Crippen LogP contribution in [0.1, 0.15) is 45.4 Å². The zero-order chi connectivity index (χ0) is 13.5. The van der Waals surface area contributed by atoms with Gasteiger partial charge in [-0.05, 0) is 50.2 Å². The Morgan fingerprint density at radius 1 is 1.26 bits per heavy atom. The lowest BCUT2D eigenvalue weighted by molar-refractivity contribution is -0.195. The second-order valence-electron chi connectivity index (χ2n) is 6.49. The van der Waals surface area contributed by atoms with Crippen LogP contribution in [-0.2, 0) is 0 Å². The van der Waals surface area contributed by atoms with Crippen molar-refractivity contribution in [2.24, 2.45) is 5.73 Å². The summed E-state index contributed by atoms with van der Waals surface area (Å²) in [6.45, 7) is 2.88. The first-order chi connectivity index (χ1) is 9.04. The Morgan fingerprint density at radius 3 is 2.89 bits per heavy atom. The van der Waals surface area contributed by atoms with Crippen molar-refractivity contribution < 1.29 is 5.21 Å². The van der Waals surface area contributed by atoms with Gasteiger partial charge in [-0.15, -0.1) is 0 Å². The van der Waals surface area contributed by atoms with E-state index in [0.717, 1.165) is 38.6 Å². The van der Waals surface area contributed by atoms with Crippen LogP contribution in [0.25, 0.3) is 0 Å². The van der Waals surface area contributed by atoms with Gasteiger partial charge in [0.15, 0.2) is 0 Å². The van der Waals surface area contributed by atoms with Gasteiger partial charge in [0, 0.05) is 6.54 Å². The lowest BCUT2D eigenvalue weighted by Gasteiger charge is -2.48. The van der Waals surface area contributed by atoms with Crippen LogP contribution in [0.4, 0.5) is 0 Å². The Bertz CT molecular complexity index is 461. The van der Waals surface area contributed by atoms with E-state index in [2.05, 4.69) is 25.2 Å². The number of allylic oxidation sites excluding steroid dienone is 4. The molecule has 1 heterocycles. The second kappa shape index (κ2) is 4.58. The SMILES string of the molecule is CC1(N)C=CC=CC2=C1CC1(CCCCN1O)CC2. The molecule has 0 radical (unpaired) electrons. The van der Waals surface area contributed by atoms with Gasteiger partial charge in [-0.3, -0.25) is 0 Å². The normalized spacial score (nSPS) is 39.5. The maximum atomic E-state index is 10.3. The summed E-state index contributed by atoms with van der Waals surface area (Å²) in [4.78, 5) is 0. The topological polar surface area (TPSA) is 49.5 Å². The monoisotopic (exact) mass is 260 g/mol. The summed E-state index contributed by atoms with van der Waals surface area (Å²) < 4.78 is 0. The fourth-order valence-corrected chi connectivity index (χ4v) is 3.81. The highest BCUT2D eigenvalue weighted by atomic mass is 16.5. The highest BCUT2D eigenvalue weighted by Crippen LogP contribution is 2.45. The van der Waals surface area contributed by atoms with E-state index in [9.17, 15) is 5.21 Å². The van der Waals surface area contributed by atoms with E-state index >= 15 is 0 Å². The van der Waals surface area contributed by atoms with Gasteiger partial charge in [-0.25, -0.2) is 0 Å². The standard InChI is InChI=1S/C16H24N2O/c1-15(17)8-3-2-6-13-7-10-16(12-14(13)15)9-4-5-11-18(16)19/h2-3,6,8,19H,4-5,7,9-12,17H2,1H3. The van der Waals surface area contributed by atoms with E-state index < -0.39 is 0 Å². The lowest BCUT2D eigenvalue weighted by Crippen LogP contribution is -2.54. The molecule has 19 heavy (non-hydrogen) atoms. The molecule has 3 heteroatoms. The molecule has 2 aliphatic carbocycles. The smallest absolute Gasteiger partial charge is 0.0535 e. The number of nitrogens with zero attached hydrogens (tertiary/aromatic N) is 1. The molecule has 0 aromatic heterocycles. The van der Waals surface area contributed by atoms with Crippen LogP contribution in [-0.4, -0.2) is 27.9 Å². The molecule has 3 rings (SSSR count). The summed E-state index contributed by atoms with van der Waals surface area (Å²) in [6.07, 6.45) is 14.8. The summed E-state index contributed by atoms with van der Waals surface area (Å²) in [5.74, 6) is 0. The lowest BCUT2D eigenvalue weighted by atomic mass is 9.69. The molecule has 2 atom stereocenters. The highest BCUT2D eigenvalue weighted by Gasteiger charge is 2.44. The van der Waals surface area contributed by atoms with Crippen molar-refractivity contribution in [1.82, 2.24) is 5.06 Å². The Morgan fingerprint density at radius 2 is 2.11 bits per heavy atom. The molecule has 3 N–H and O–H groups in total. The minimum atomic E-state index is -0.384. The fourth-order valence-electron chi connectivity index (χ4n) is 3.81. The molecular weight excluding hydrogens is 236 g/mol. The van der Waals surface area contributed by atoms with Crippen molar-refractivity contribution >= 4 is 0 Å². The molecule has 0 saturated carbocycles. The molecule has 1 saturated heterocycles. The van der Waals surface area contributed by atoms with Crippen LogP contribution in [0.5, 0.6) is 0 Å². The summed E-state index contributed by atoms with van der Waals surface area (Å²) in [5, 5.41) is 12.0. The number of piperidine rings is 1. The first-order valence-corrected chi connectivity index (χ1v) is 7.37. The van der Waals surface area contributed by atoms with Crippen LogP contribution in [0.3, 0.4) is 0 Å². The van der Waals surface area contributed by atoms with Crippen molar-refractivity contribution in [2.75, 3.05) is 6.54 Å². The van der Waals surface area contributed by atoms with Crippen molar-refractivity contribution in [3.05, 3.63) is 35.5 Å². The zero-order valence-electron chi connectivity index (χ0n) is 11.7. The first kappa shape index (κ1) is 13.1. The summed E-state index contributed by atoms with van der Waals surface area (Å²) in [7, 11) is 0. The zero-order valence-corrected chi connectivity index (χ0v) is 11.7. The quantitative estimate of drug-likeness (QED) is 0.704. The Labute approximate surface area is 115 Å². The second-order valence-corrected chi connectivity index (χ2v) is 6.49. The number of hydrogen-bond acceptors (Lipinski definition) is 3.